The molecule has 0 bridgehead atoms. The van der Waals surface area contributed by atoms with E-state index in [1.54, 1.807) is 0 Å². The van der Waals surface area contributed by atoms with Gasteiger partial charge in [-0.15, -0.1) is 0 Å². The van der Waals surface area contributed by atoms with Crippen molar-refractivity contribution in [1.29, 1.82) is 0 Å². The lowest BCUT2D eigenvalue weighted by Gasteiger charge is -2.23. The molecule has 0 spiro atoms. The minimum Gasteiger partial charge on any atom is -0.316 e. The molecule has 1 aromatic carbocycles. The van der Waals surface area contributed by atoms with Gasteiger partial charge in [-0.25, -0.2) is 4.39 Å². The highest BCUT2D eigenvalue weighted by molar-refractivity contribution is 9.10. The summed E-state index contributed by atoms with van der Waals surface area (Å²) in [6, 6.07) is 5.36. The number of halogens is 2. The van der Waals surface area contributed by atoms with Crippen molar-refractivity contribution in [1.82, 2.24) is 5.32 Å². The van der Waals surface area contributed by atoms with Crippen molar-refractivity contribution in [3.63, 3.8) is 0 Å². The Labute approximate surface area is 112 Å². The molecule has 96 valence electrons. The van der Waals surface area contributed by atoms with Gasteiger partial charge in [0.1, 0.15) is 5.82 Å². The summed E-state index contributed by atoms with van der Waals surface area (Å²) in [5.74, 6) is 0.435. The van der Waals surface area contributed by atoms with E-state index in [0.29, 0.717) is 12.0 Å². The van der Waals surface area contributed by atoms with Crippen molar-refractivity contribution in [3.05, 3.63) is 34.1 Å². The van der Waals surface area contributed by atoms with Crippen LogP contribution in [0.2, 0.25) is 0 Å². The van der Waals surface area contributed by atoms with Crippen LogP contribution >= 0.6 is 15.9 Å². The Morgan fingerprint density at radius 2 is 2.12 bits per heavy atom. The minimum absolute atomic E-state index is 0.191. The molecule has 0 fully saturated rings. The monoisotopic (exact) mass is 301 g/mol. The van der Waals surface area contributed by atoms with E-state index in [4.69, 9.17) is 0 Å². The number of nitrogens with one attached hydrogen (secondary N) is 1. The number of benzene rings is 1. The van der Waals surface area contributed by atoms with E-state index >= 15 is 0 Å². The average Bonchev–Trinajstić information content (AvgIpc) is 2.28. The van der Waals surface area contributed by atoms with Gasteiger partial charge in [-0.2, -0.15) is 0 Å². The van der Waals surface area contributed by atoms with Gasteiger partial charge in [-0.05, 0) is 43.5 Å². The van der Waals surface area contributed by atoms with Crippen LogP contribution in [0, 0.1) is 11.7 Å². The fraction of sp³-hybridized carbons (Fsp3) is 0.571. The third-order valence-electron chi connectivity index (χ3n) is 3.26. The molecule has 17 heavy (non-hydrogen) atoms. The molecule has 0 heterocycles. The largest absolute Gasteiger partial charge is 0.316 e. The topological polar surface area (TPSA) is 12.0 Å². The van der Waals surface area contributed by atoms with E-state index < -0.39 is 0 Å². The van der Waals surface area contributed by atoms with Gasteiger partial charge in [-0.3, -0.25) is 0 Å². The minimum atomic E-state index is -0.191. The first-order valence-corrected chi connectivity index (χ1v) is 6.99. The predicted octanol–water partition coefficient (Wildman–Crippen LogP) is 4.15. The van der Waals surface area contributed by atoms with Gasteiger partial charge < -0.3 is 5.32 Å². The highest BCUT2D eigenvalue weighted by Gasteiger charge is 2.16. The molecule has 0 saturated carbocycles. The molecule has 0 amide bonds. The van der Waals surface area contributed by atoms with Crippen LogP contribution in [0.5, 0.6) is 0 Å². The summed E-state index contributed by atoms with van der Waals surface area (Å²) in [7, 11) is 1.99. The highest BCUT2D eigenvalue weighted by Crippen LogP contribution is 2.22. The first-order valence-electron chi connectivity index (χ1n) is 6.19. The lowest BCUT2D eigenvalue weighted by molar-refractivity contribution is 0.371. The summed E-state index contributed by atoms with van der Waals surface area (Å²) < 4.78 is 13.9. The van der Waals surface area contributed by atoms with Crippen LogP contribution in [-0.4, -0.2) is 13.1 Å². The van der Waals surface area contributed by atoms with E-state index in [1.807, 2.05) is 13.1 Å². The number of rotatable bonds is 6. The summed E-state index contributed by atoms with van der Waals surface area (Å²) in [6.07, 6.45) is 3.34. The molecule has 2 unspecified atom stereocenters. The second-order valence-electron chi connectivity index (χ2n) is 4.60. The lowest BCUT2D eigenvalue weighted by Crippen LogP contribution is -2.34. The van der Waals surface area contributed by atoms with E-state index in [1.165, 1.54) is 25.0 Å². The van der Waals surface area contributed by atoms with Crippen LogP contribution in [0.1, 0.15) is 32.3 Å². The van der Waals surface area contributed by atoms with Crippen molar-refractivity contribution in [2.75, 3.05) is 7.05 Å². The molecule has 1 rings (SSSR count). The summed E-state index contributed by atoms with van der Waals surface area (Å²) in [5, 5.41) is 3.36. The van der Waals surface area contributed by atoms with Crippen LogP contribution in [0.4, 0.5) is 4.39 Å². The zero-order valence-corrected chi connectivity index (χ0v) is 12.3. The second kappa shape index (κ2) is 7.12. The van der Waals surface area contributed by atoms with Crippen LogP contribution in [-0.2, 0) is 6.42 Å². The Kier molecular flexibility index (Phi) is 6.14. The SMILES string of the molecule is CCCC(C)C(Cc1ccc(F)cc1Br)NC. The summed E-state index contributed by atoms with van der Waals surface area (Å²) in [5.41, 5.74) is 1.16. The Morgan fingerprint density at radius 1 is 1.41 bits per heavy atom. The lowest BCUT2D eigenvalue weighted by atomic mass is 9.92. The Hall–Kier alpha value is -0.410. The van der Waals surface area contributed by atoms with E-state index in [2.05, 4.69) is 35.1 Å². The smallest absolute Gasteiger partial charge is 0.124 e. The van der Waals surface area contributed by atoms with E-state index in [0.717, 1.165) is 16.5 Å². The normalized spacial score (nSPS) is 14.6. The molecule has 0 saturated heterocycles. The number of hydrogen-bond acceptors (Lipinski definition) is 1. The molecule has 1 N–H and O–H groups in total. The van der Waals surface area contributed by atoms with Crippen LogP contribution in [0.3, 0.4) is 0 Å². The average molecular weight is 302 g/mol. The molecule has 0 aliphatic carbocycles. The summed E-state index contributed by atoms with van der Waals surface area (Å²) in [6.45, 7) is 4.47. The molecule has 3 heteroatoms. The van der Waals surface area contributed by atoms with Crippen molar-refractivity contribution >= 4 is 15.9 Å². The van der Waals surface area contributed by atoms with Crippen molar-refractivity contribution in [2.24, 2.45) is 5.92 Å². The van der Waals surface area contributed by atoms with Crippen molar-refractivity contribution in [2.45, 2.75) is 39.2 Å². The van der Waals surface area contributed by atoms with Crippen molar-refractivity contribution in [3.8, 4) is 0 Å². The standard InChI is InChI=1S/C14H21BrFN/c1-4-5-10(2)14(17-3)8-11-6-7-12(16)9-13(11)15/h6-7,9-10,14,17H,4-5,8H2,1-3H3. The van der Waals surface area contributed by atoms with Crippen LogP contribution in [0.15, 0.2) is 22.7 Å². The second-order valence-corrected chi connectivity index (χ2v) is 5.46. The molecule has 0 radical (unpaired) electrons. The molecule has 0 aliphatic heterocycles. The Bertz CT molecular complexity index is 354. The van der Waals surface area contributed by atoms with Gasteiger partial charge in [0.25, 0.3) is 0 Å². The molecular weight excluding hydrogens is 281 g/mol. The van der Waals surface area contributed by atoms with Crippen LogP contribution in [0.25, 0.3) is 0 Å². The molecule has 1 nitrogen and oxygen atoms in total. The van der Waals surface area contributed by atoms with Gasteiger partial charge in [0.05, 0.1) is 0 Å². The quantitative estimate of drug-likeness (QED) is 0.832. The molecule has 0 aromatic heterocycles. The zero-order valence-electron chi connectivity index (χ0n) is 10.8. The third kappa shape index (κ3) is 4.40. The summed E-state index contributed by atoms with van der Waals surface area (Å²) in [4.78, 5) is 0. The Balaban J connectivity index is 2.73. The van der Waals surface area contributed by atoms with E-state index in [9.17, 15) is 4.39 Å². The van der Waals surface area contributed by atoms with E-state index in [-0.39, 0.29) is 5.82 Å². The van der Waals surface area contributed by atoms with Gasteiger partial charge in [0.2, 0.25) is 0 Å². The van der Waals surface area contributed by atoms with Crippen molar-refractivity contribution < 1.29 is 4.39 Å². The summed E-state index contributed by atoms with van der Waals surface area (Å²) >= 11 is 3.43. The van der Waals surface area contributed by atoms with Gasteiger partial charge in [-0.1, -0.05) is 42.3 Å². The van der Waals surface area contributed by atoms with Gasteiger partial charge in [0, 0.05) is 10.5 Å². The third-order valence-corrected chi connectivity index (χ3v) is 3.99. The zero-order chi connectivity index (χ0) is 12.8. The fourth-order valence-electron chi connectivity index (χ4n) is 2.17. The Morgan fingerprint density at radius 3 is 2.65 bits per heavy atom. The number of hydrogen-bond donors (Lipinski definition) is 1. The van der Waals surface area contributed by atoms with Gasteiger partial charge in [0.15, 0.2) is 0 Å². The first kappa shape index (κ1) is 14.7. The molecule has 1 aromatic rings. The molecular formula is C14H21BrFN. The maximum atomic E-state index is 13.0. The maximum absolute atomic E-state index is 13.0. The van der Waals surface area contributed by atoms with Gasteiger partial charge >= 0.3 is 0 Å². The molecule has 0 aliphatic rings. The fourth-order valence-corrected chi connectivity index (χ4v) is 2.68. The molecule has 2 atom stereocenters. The highest BCUT2D eigenvalue weighted by atomic mass is 79.9. The maximum Gasteiger partial charge on any atom is 0.124 e. The number of likely N-dealkylation sites (N-methyl/N-ethyl adjacent to an activating group) is 1. The predicted molar refractivity (Wildman–Crippen MR) is 74.7 cm³/mol. The first-order chi connectivity index (χ1) is 8.08. The van der Waals surface area contributed by atoms with Crippen LogP contribution < -0.4 is 5.32 Å².